The quantitative estimate of drug-likeness (QED) is 0.577. The highest BCUT2D eigenvalue weighted by molar-refractivity contribution is 6.04. The lowest BCUT2D eigenvalue weighted by Crippen LogP contribution is -2.36. The summed E-state index contributed by atoms with van der Waals surface area (Å²) in [5, 5.41) is 1.15. The zero-order valence-corrected chi connectivity index (χ0v) is 15.1. The second-order valence-electron chi connectivity index (χ2n) is 6.79. The van der Waals surface area contributed by atoms with Crippen molar-refractivity contribution >= 4 is 16.7 Å². The molecule has 2 aromatic carbocycles. The molecule has 1 saturated heterocycles. The lowest BCUT2D eigenvalue weighted by atomic mass is 9.99. The van der Waals surface area contributed by atoms with Crippen LogP contribution in [0.3, 0.4) is 0 Å². The van der Waals surface area contributed by atoms with E-state index >= 15 is 0 Å². The van der Waals surface area contributed by atoms with Crippen LogP contribution in [0.25, 0.3) is 33.3 Å². The number of rotatable bonds is 3. The van der Waals surface area contributed by atoms with Gasteiger partial charge >= 0.3 is 0 Å². The molecular formula is C23H21N3O. The summed E-state index contributed by atoms with van der Waals surface area (Å²) in [6, 6.07) is 23.2. The Balaban J connectivity index is 1.69. The molecule has 0 amide bonds. The highest BCUT2D eigenvalue weighted by atomic mass is 16.5. The van der Waals surface area contributed by atoms with Gasteiger partial charge in [-0.05, 0) is 11.1 Å². The maximum Gasteiger partial charge on any atom is 0.130 e. The van der Waals surface area contributed by atoms with Gasteiger partial charge in [0.1, 0.15) is 5.82 Å². The number of ether oxygens (including phenoxy) is 1. The summed E-state index contributed by atoms with van der Waals surface area (Å²) in [6.07, 6.45) is 2.01. The average Bonchev–Trinajstić information content (AvgIpc) is 3.14. The summed E-state index contributed by atoms with van der Waals surface area (Å²) >= 11 is 0. The molecule has 0 bridgehead atoms. The Kier molecular flexibility index (Phi) is 4.11. The summed E-state index contributed by atoms with van der Waals surface area (Å²) in [4.78, 5) is 10.7. The van der Waals surface area contributed by atoms with E-state index in [2.05, 4.69) is 70.5 Å². The number of pyridine rings is 1. The van der Waals surface area contributed by atoms with Gasteiger partial charge in [0.2, 0.25) is 0 Å². The third kappa shape index (κ3) is 2.98. The van der Waals surface area contributed by atoms with Gasteiger partial charge in [-0.2, -0.15) is 0 Å². The Hall–Kier alpha value is -3.11. The first kappa shape index (κ1) is 16.1. The van der Waals surface area contributed by atoms with Crippen LogP contribution in [0.2, 0.25) is 0 Å². The average molecular weight is 355 g/mol. The van der Waals surface area contributed by atoms with Crippen molar-refractivity contribution in [2.24, 2.45) is 0 Å². The fourth-order valence-corrected chi connectivity index (χ4v) is 3.77. The molecule has 1 aliphatic heterocycles. The van der Waals surface area contributed by atoms with Crippen LogP contribution in [0.4, 0.5) is 5.82 Å². The van der Waals surface area contributed by atoms with Gasteiger partial charge in [0.05, 0.1) is 24.4 Å². The Bertz CT molecular complexity index is 1050. The van der Waals surface area contributed by atoms with Gasteiger partial charge in [0.15, 0.2) is 0 Å². The Labute approximate surface area is 158 Å². The summed E-state index contributed by atoms with van der Waals surface area (Å²) in [5.74, 6) is 1.01. The van der Waals surface area contributed by atoms with Crippen LogP contribution in [0.1, 0.15) is 0 Å². The Morgan fingerprint density at radius 3 is 2.22 bits per heavy atom. The molecule has 0 unspecified atom stereocenters. The van der Waals surface area contributed by atoms with Crippen molar-refractivity contribution in [1.82, 2.24) is 9.97 Å². The minimum atomic E-state index is 0.759. The predicted molar refractivity (Wildman–Crippen MR) is 110 cm³/mol. The molecule has 1 aliphatic rings. The van der Waals surface area contributed by atoms with Crippen molar-refractivity contribution in [2.75, 3.05) is 31.2 Å². The standard InChI is InChI=1S/C23H21N3O/c1-3-7-17(8-4-1)22-19-16-24-21(26-11-13-27-14-12-26)15-20(19)25-23(22)18-9-5-2-6-10-18/h1-10,15-16,25H,11-14H2. The van der Waals surface area contributed by atoms with Gasteiger partial charge in [-0.3, -0.25) is 0 Å². The van der Waals surface area contributed by atoms with E-state index in [1.807, 2.05) is 12.3 Å². The van der Waals surface area contributed by atoms with Crippen LogP contribution in [-0.2, 0) is 4.74 Å². The van der Waals surface area contributed by atoms with Crippen LogP contribution >= 0.6 is 0 Å². The molecule has 134 valence electrons. The van der Waals surface area contributed by atoms with Crippen molar-refractivity contribution in [3.05, 3.63) is 72.9 Å². The molecule has 0 atom stereocenters. The Morgan fingerprint density at radius 1 is 0.852 bits per heavy atom. The van der Waals surface area contributed by atoms with Crippen LogP contribution in [0, 0.1) is 0 Å². The fourth-order valence-electron chi connectivity index (χ4n) is 3.77. The lowest BCUT2D eigenvalue weighted by molar-refractivity contribution is 0.122. The third-order valence-electron chi connectivity index (χ3n) is 5.13. The summed E-state index contributed by atoms with van der Waals surface area (Å²) in [6.45, 7) is 3.29. The van der Waals surface area contributed by atoms with E-state index in [4.69, 9.17) is 9.72 Å². The number of hydrogen-bond acceptors (Lipinski definition) is 3. The van der Waals surface area contributed by atoms with Gasteiger partial charge in [-0.15, -0.1) is 0 Å². The van der Waals surface area contributed by atoms with Crippen molar-refractivity contribution in [3.63, 3.8) is 0 Å². The SMILES string of the molecule is c1ccc(-c2[nH]c3cc(N4CCOCC4)ncc3c2-c2ccccc2)cc1. The maximum atomic E-state index is 5.47. The van der Waals surface area contributed by atoms with E-state index in [0.29, 0.717) is 0 Å². The zero-order chi connectivity index (χ0) is 18.1. The van der Waals surface area contributed by atoms with E-state index in [9.17, 15) is 0 Å². The molecule has 3 heterocycles. The van der Waals surface area contributed by atoms with Crippen molar-refractivity contribution < 1.29 is 4.74 Å². The number of nitrogens with one attached hydrogen (secondary N) is 1. The lowest BCUT2D eigenvalue weighted by Gasteiger charge is -2.27. The largest absolute Gasteiger partial charge is 0.378 e. The molecule has 0 spiro atoms. The van der Waals surface area contributed by atoms with Crippen LogP contribution in [0.5, 0.6) is 0 Å². The molecule has 2 aromatic heterocycles. The number of aromatic amines is 1. The van der Waals surface area contributed by atoms with E-state index in [1.165, 1.54) is 16.7 Å². The van der Waals surface area contributed by atoms with Gasteiger partial charge < -0.3 is 14.6 Å². The molecule has 5 rings (SSSR count). The van der Waals surface area contributed by atoms with E-state index in [1.54, 1.807) is 0 Å². The molecule has 4 nitrogen and oxygen atoms in total. The molecule has 0 aliphatic carbocycles. The highest BCUT2D eigenvalue weighted by Crippen LogP contribution is 2.38. The molecule has 0 saturated carbocycles. The molecule has 27 heavy (non-hydrogen) atoms. The molecular weight excluding hydrogens is 334 g/mol. The number of H-pyrrole nitrogens is 1. The van der Waals surface area contributed by atoms with E-state index < -0.39 is 0 Å². The molecule has 1 N–H and O–H groups in total. The van der Waals surface area contributed by atoms with Crippen LogP contribution in [0.15, 0.2) is 72.9 Å². The first-order chi connectivity index (χ1) is 13.4. The second kappa shape index (κ2) is 6.89. The summed E-state index contributed by atoms with van der Waals surface area (Å²) in [7, 11) is 0. The van der Waals surface area contributed by atoms with E-state index in [-0.39, 0.29) is 0 Å². The molecule has 4 aromatic rings. The normalized spacial score (nSPS) is 14.6. The number of benzene rings is 2. The third-order valence-corrected chi connectivity index (χ3v) is 5.13. The number of hydrogen-bond donors (Lipinski definition) is 1. The van der Waals surface area contributed by atoms with Gasteiger partial charge in [-0.1, -0.05) is 60.7 Å². The van der Waals surface area contributed by atoms with Crippen molar-refractivity contribution in [2.45, 2.75) is 0 Å². The monoisotopic (exact) mass is 355 g/mol. The summed E-state index contributed by atoms with van der Waals surface area (Å²) in [5.41, 5.74) is 5.84. The number of morpholine rings is 1. The van der Waals surface area contributed by atoms with Crippen molar-refractivity contribution in [1.29, 1.82) is 0 Å². The zero-order valence-electron chi connectivity index (χ0n) is 15.1. The van der Waals surface area contributed by atoms with Crippen molar-refractivity contribution in [3.8, 4) is 22.4 Å². The molecule has 1 fully saturated rings. The first-order valence-electron chi connectivity index (χ1n) is 9.35. The molecule has 4 heteroatoms. The second-order valence-corrected chi connectivity index (χ2v) is 6.79. The highest BCUT2D eigenvalue weighted by Gasteiger charge is 2.18. The van der Waals surface area contributed by atoms with Crippen LogP contribution < -0.4 is 4.90 Å². The fraction of sp³-hybridized carbons (Fsp3) is 0.174. The van der Waals surface area contributed by atoms with Gasteiger partial charge in [0.25, 0.3) is 0 Å². The van der Waals surface area contributed by atoms with E-state index in [0.717, 1.165) is 48.7 Å². The Morgan fingerprint density at radius 2 is 1.52 bits per heavy atom. The predicted octanol–water partition coefficient (Wildman–Crippen LogP) is 4.73. The number of aromatic nitrogens is 2. The number of anilines is 1. The minimum absolute atomic E-state index is 0.759. The van der Waals surface area contributed by atoms with Crippen LogP contribution in [-0.4, -0.2) is 36.3 Å². The topological polar surface area (TPSA) is 41.2 Å². The number of fused-ring (bicyclic) bond motifs is 1. The maximum absolute atomic E-state index is 5.47. The minimum Gasteiger partial charge on any atom is -0.378 e. The van der Waals surface area contributed by atoms with Gasteiger partial charge in [0, 0.05) is 36.3 Å². The van der Waals surface area contributed by atoms with Gasteiger partial charge in [-0.25, -0.2) is 4.98 Å². The number of nitrogens with zero attached hydrogens (tertiary/aromatic N) is 2. The summed E-state index contributed by atoms with van der Waals surface area (Å²) < 4.78 is 5.47. The molecule has 0 radical (unpaired) electrons. The smallest absolute Gasteiger partial charge is 0.130 e. The first-order valence-corrected chi connectivity index (χ1v) is 9.35.